The summed E-state index contributed by atoms with van der Waals surface area (Å²) < 4.78 is 0. The number of nitrogens with one attached hydrogen (secondary N) is 1. The van der Waals surface area contributed by atoms with E-state index in [1.165, 1.54) is 22.3 Å². The van der Waals surface area contributed by atoms with Crippen molar-refractivity contribution < 1.29 is 4.79 Å². The Morgan fingerprint density at radius 1 is 1.03 bits per heavy atom. The normalized spacial score (nSPS) is 16.6. The number of hydrogen-bond acceptors (Lipinski definition) is 2. The van der Waals surface area contributed by atoms with E-state index in [-0.39, 0.29) is 17.9 Å². The van der Waals surface area contributed by atoms with Crippen LogP contribution in [0.25, 0.3) is 0 Å². The molecule has 3 rings (SSSR count). The third kappa shape index (κ3) is 5.53. The number of benzene rings is 2. The molecule has 5 heteroatoms. The zero-order chi connectivity index (χ0) is 21.1. The standard InChI is InChI=1S/C24H30Cl2N2O/c1-15-11-17(3)21(12-16(15)2)18(4)27-24(29)20-7-9-28(10-8-20)14-19-5-6-22(25)23(26)13-19/h5-6,11-13,18,20H,7-10,14H2,1-4H3,(H,27,29)/t18-/m1/s1. The molecule has 3 nitrogen and oxygen atoms in total. The molecule has 1 heterocycles. The van der Waals surface area contributed by atoms with Crippen LogP contribution in [0.15, 0.2) is 30.3 Å². The van der Waals surface area contributed by atoms with Crippen molar-refractivity contribution >= 4 is 29.1 Å². The average molecular weight is 433 g/mol. The minimum absolute atomic E-state index is 0.0241. The summed E-state index contributed by atoms with van der Waals surface area (Å²) in [6.07, 6.45) is 1.76. The lowest BCUT2D eigenvalue weighted by molar-refractivity contribution is -0.127. The Labute approximate surface area is 184 Å². The molecule has 1 saturated heterocycles. The smallest absolute Gasteiger partial charge is 0.223 e. The van der Waals surface area contributed by atoms with Crippen LogP contribution in [0.5, 0.6) is 0 Å². The Hall–Kier alpha value is -1.55. The first kappa shape index (κ1) is 22.1. The molecule has 0 unspecified atom stereocenters. The lowest BCUT2D eigenvalue weighted by Gasteiger charge is -2.32. The summed E-state index contributed by atoms with van der Waals surface area (Å²) in [4.78, 5) is 15.2. The largest absolute Gasteiger partial charge is 0.349 e. The molecule has 156 valence electrons. The van der Waals surface area contributed by atoms with Crippen LogP contribution in [0.4, 0.5) is 0 Å². The summed E-state index contributed by atoms with van der Waals surface area (Å²) in [5, 5.41) is 4.42. The Balaban J connectivity index is 1.53. The van der Waals surface area contributed by atoms with Gasteiger partial charge in [-0.25, -0.2) is 0 Å². The van der Waals surface area contributed by atoms with Crippen LogP contribution in [0, 0.1) is 26.7 Å². The first-order valence-corrected chi connectivity index (χ1v) is 11.0. The van der Waals surface area contributed by atoms with Crippen molar-refractivity contribution in [2.45, 2.75) is 53.1 Å². The van der Waals surface area contributed by atoms with Crippen molar-refractivity contribution in [1.82, 2.24) is 10.2 Å². The first-order chi connectivity index (χ1) is 13.7. The Kier molecular flexibility index (Phi) is 7.26. The molecule has 0 saturated carbocycles. The van der Waals surface area contributed by atoms with E-state index >= 15 is 0 Å². The van der Waals surface area contributed by atoms with E-state index in [9.17, 15) is 4.79 Å². The van der Waals surface area contributed by atoms with Crippen LogP contribution < -0.4 is 5.32 Å². The highest BCUT2D eigenvalue weighted by Gasteiger charge is 2.26. The van der Waals surface area contributed by atoms with Crippen LogP contribution in [-0.2, 0) is 11.3 Å². The van der Waals surface area contributed by atoms with E-state index in [2.05, 4.69) is 50.0 Å². The molecule has 2 aromatic rings. The number of carbonyl (C=O) groups excluding carboxylic acids is 1. The van der Waals surface area contributed by atoms with Gasteiger partial charge in [0.05, 0.1) is 16.1 Å². The minimum atomic E-state index is 0.0241. The molecule has 0 aromatic heterocycles. The Morgan fingerprint density at radius 3 is 2.34 bits per heavy atom. The van der Waals surface area contributed by atoms with Gasteiger partial charge in [-0.3, -0.25) is 9.69 Å². The molecule has 1 aliphatic rings. The van der Waals surface area contributed by atoms with Gasteiger partial charge in [0.15, 0.2) is 0 Å². The Bertz CT molecular complexity index is 889. The zero-order valence-electron chi connectivity index (χ0n) is 17.7. The highest BCUT2D eigenvalue weighted by atomic mass is 35.5. The van der Waals surface area contributed by atoms with Gasteiger partial charge in [0.1, 0.15) is 0 Å². The fourth-order valence-corrected chi connectivity index (χ4v) is 4.43. The minimum Gasteiger partial charge on any atom is -0.349 e. The number of rotatable bonds is 5. The molecule has 0 spiro atoms. The summed E-state index contributed by atoms with van der Waals surface area (Å²) in [7, 11) is 0. The van der Waals surface area contributed by atoms with Gasteiger partial charge in [-0.15, -0.1) is 0 Å². The molecule has 0 radical (unpaired) electrons. The van der Waals surface area contributed by atoms with Gasteiger partial charge in [-0.1, -0.05) is 41.4 Å². The lowest BCUT2D eigenvalue weighted by Crippen LogP contribution is -2.41. The van der Waals surface area contributed by atoms with Gasteiger partial charge in [0.25, 0.3) is 0 Å². The van der Waals surface area contributed by atoms with Crippen LogP contribution in [-0.4, -0.2) is 23.9 Å². The maximum absolute atomic E-state index is 12.8. The number of hydrogen-bond donors (Lipinski definition) is 1. The maximum Gasteiger partial charge on any atom is 0.223 e. The second kappa shape index (κ2) is 9.51. The van der Waals surface area contributed by atoms with Crippen molar-refractivity contribution in [3.63, 3.8) is 0 Å². The number of amides is 1. The van der Waals surface area contributed by atoms with Crippen LogP contribution in [0.3, 0.4) is 0 Å². The monoisotopic (exact) mass is 432 g/mol. The van der Waals surface area contributed by atoms with Gasteiger partial charge in [-0.05, 0) is 93.6 Å². The molecule has 1 aliphatic heterocycles. The van der Waals surface area contributed by atoms with Crippen molar-refractivity contribution in [3.8, 4) is 0 Å². The number of halogens is 2. The summed E-state index contributed by atoms with van der Waals surface area (Å²) in [6.45, 7) is 11.1. The highest BCUT2D eigenvalue weighted by Crippen LogP contribution is 2.26. The van der Waals surface area contributed by atoms with Crippen LogP contribution >= 0.6 is 23.2 Å². The highest BCUT2D eigenvalue weighted by molar-refractivity contribution is 6.42. The molecule has 1 fully saturated rings. The molecule has 0 aliphatic carbocycles. The van der Waals surface area contributed by atoms with E-state index in [1.54, 1.807) is 0 Å². The predicted molar refractivity (Wildman–Crippen MR) is 122 cm³/mol. The van der Waals surface area contributed by atoms with E-state index in [4.69, 9.17) is 23.2 Å². The van der Waals surface area contributed by atoms with E-state index in [1.807, 2.05) is 18.2 Å². The van der Waals surface area contributed by atoms with Crippen molar-refractivity contribution in [3.05, 3.63) is 68.2 Å². The second-order valence-electron chi connectivity index (χ2n) is 8.32. The van der Waals surface area contributed by atoms with Gasteiger partial charge in [0.2, 0.25) is 5.91 Å². The summed E-state index contributed by atoms with van der Waals surface area (Å²) >= 11 is 12.1. The molecule has 2 aromatic carbocycles. The number of aryl methyl sites for hydroxylation is 3. The number of piperidine rings is 1. The predicted octanol–water partition coefficient (Wildman–Crippen LogP) is 6.01. The third-order valence-corrected chi connectivity index (χ3v) is 6.80. The van der Waals surface area contributed by atoms with Crippen molar-refractivity contribution in [1.29, 1.82) is 0 Å². The van der Waals surface area contributed by atoms with Gasteiger partial charge in [-0.2, -0.15) is 0 Å². The van der Waals surface area contributed by atoms with Crippen molar-refractivity contribution in [2.24, 2.45) is 5.92 Å². The van der Waals surface area contributed by atoms with Gasteiger partial charge in [0, 0.05) is 12.5 Å². The average Bonchev–Trinajstić information content (AvgIpc) is 2.68. The molecular formula is C24H30Cl2N2O. The van der Waals surface area contributed by atoms with Gasteiger partial charge >= 0.3 is 0 Å². The molecule has 29 heavy (non-hydrogen) atoms. The molecule has 0 bridgehead atoms. The van der Waals surface area contributed by atoms with E-state index < -0.39 is 0 Å². The Morgan fingerprint density at radius 2 is 1.69 bits per heavy atom. The first-order valence-electron chi connectivity index (χ1n) is 10.3. The molecule has 1 N–H and O–H groups in total. The second-order valence-corrected chi connectivity index (χ2v) is 9.14. The van der Waals surface area contributed by atoms with Gasteiger partial charge < -0.3 is 5.32 Å². The summed E-state index contributed by atoms with van der Waals surface area (Å²) in [5.74, 6) is 0.249. The maximum atomic E-state index is 12.8. The summed E-state index contributed by atoms with van der Waals surface area (Å²) in [5.41, 5.74) is 6.15. The fourth-order valence-electron chi connectivity index (χ4n) is 4.11. The van der Waals surface area contributed by atoms with E-state index in [0.717, 1.165) is 38.0 Å². The number of likely N-dealkylation sites (tertiary alicyclic amines) is 1. The molecular weight excluding hydrogens is 403 g/mol. The molecule has 1 amide bonds. The fraction of sp³-hybridized carbons (Fsp3) is 0.458. The van der Waals surface area contributed by atoms with E-state index in [0.29, 0.717) is 10.0 Å². The van der Waals surface area contributed by atoms with Crippen molar-refractivity contribution in [2.75, 3.05) is 13.1 Å². The lowest BCUT2D eigenvalue weighted by atomic mass is 9.93. The number of nitrogens with zero attached hydrogens (tertiary/aromatic N) is 1. The summed E-state index contributed by atoms with van der Waals surface area (Å²) in [6, 6.07) is 10.2. The third-order valence-electron chi connectivity index (χ3n) is 6.06. The topological polar surface area (TPSA) is 32.3 Å². The SMILES string of the molecule is Cc1cc(C)c([C@@H](C)NC(=O)C2CCN(Cc3ccc(Cl)c(Cl)c3)CC2)cc1C. The zero-order valence-corrected chi connectivity index (χ0v) is 19.2. The molecule has 1 atom stereocenters. The quantitative estimate of drug-likeness (QED) is 0.627. The number of carbonyl (C=O) groups is 1. The van der Waals surface area contributed by atoms with Crippen LogP contribution in [0.2, 0.25) is 10.0 Å². The van der Waals surface area contributed by atoms with Crippen LogP contribution in [0.1, 0.15) is 53.6 Å².